The molecule has 0 heterocycles. The number of benzene rings is 1. The fraction of sp³-hybridized carbons (Fsp3) is 0.375. The monoisotopic (exact) mass is 270 g/mol. The summed E-state index contributed by atoms with van der Waals surface area (Å²) in [5.41, 5.74) is 2.24. The first-order valence-corrected chi connectivity index (χ1v) is 6.80. The Hall–Kier alpha value is -2.28. The molecule has 0 amide bonds. The van der Waals surface area contributed by atoms with E-state index >= 15 is 0 Å². The third-order valence-electron chi connectivity index (χ3n) is 3.81. The van der Waals surface area contributed by atoms with Gasteiger partial charge in [-0.2, -0.15) is 5.26 Å². The number of nitriles is 1. The first-order valence-electron chi connectivity index (χ1n) is 6.80. The molecule has 1 fully saturated rings. The molecule has 1 aliphatic carbocycles. The number of carboxylic acid groups (broad SMARTS) is 1. The molecule has 0 radical (unpaired) electrons. The molecule has 1 N–H and O–H groups in total. The minimum absolute atomic E-state index is 0.502. The van der Waals surface area contributed by atoms with E-state index in [0.717, 1.165) is 17.3 Å². The highest BCUT2D eigenvalue weighted by Crippen LogP contribution is 2.29. The van der Waals surface area contributed by atoms with E-state index in [1.807, 2.05) is 19.2 Å². The standard InChI is InChI=1S/C16H18N2O2/c1-18(14-4-2-3-5-14)15-8-6-12(7-9-16(19)20)10-13(15)11-17/h6-10,14H,2-5H2,1H3,(H,19,20)/b9-7+. The molecule has 1 aromatic carbocycles. The summed E-state index contributed by atoms with van der Waals surface area (Å²) in [5, 5.41) is 17.9. The van der Waals surface area contributed by atoms with Gasteiger partial charge in [0.1, 0.15) is 6.07 Å². The highest BCUT2D eigenvalue weighted by Gasteiger charge is 2.21. The van der Waals surface area contributed by atoms with E-state index in [-0.39, 0.29) is 0 Å². The van der Waals surface area contributed by atoms with Gasteiger partial charge in [-0.3, -0.25) is 0 Å². The summed E-state index contributed by atoms with van der Waals surface area (Å²) in [6.07, 6.45) is 7.41. The molecule has 2 rings (SSSR count). The van der Waals surface area contributed by atoms with Crippen molar-refractivity contribution in [1.82, 2.24) is 0 Å². The molecule has 104 valence electrons. The van der Waals surface area contributed by atoms with Crippen LogP contribution in [0.25, 0.3) is 6.08 Å². The minimum atomic E-state index is -0.990. The van der Waals surface area contributed by atoms with Gasteiger partial charge in [-0.15, -0.1) is 0 Å². The molecule has 0 saturated heterocycles. The fourth-order valence-electron chi connectivity index (χ4n) is 2.71. The fourth-order valence-corrected chi connectivity index (χ4v) is 2.71. The average Bonchev–Trinajstić information content (AvgIpc) is 2.98. The largest absolute Gasteiger partial charge is 0.478 e. The molecule has 0 spiro atoms. The highest BCUT2D eigenvalue weighted by molar-refractivity contribution is 5.85. The molecule has 0 aliphatic heterocycles. The van der Waals surface area contributed by atoms with Gasteiger partial charge in [0.25, 0.3) is 0 Å². The summed E-state index contributed by atoms with van der Waals surface area (Å²) in [6, 6.07) is 8.19. The Kier molecular flexibility index (Phi) is 4.41. The van der Waals surface area contributed by atoms with E-state index < -0.39 is 5.97 Å². The predicted octanol–water partition coefficient (Wildman–Crippen LogP) is 3.03. The molecule has 4 nitrogen and oxygen atoms in total. The van der Waals surface area contributed by atoms with Crippen molar-refractivity contribution in [3.63, 3.8) is 0 Å². The molecule has 1 aromatic rings. The average molecular weight is 270 g/mol. The number of anilines is 1. The summed E-state index contributed by atoms with van der Waals surface area (Å²) in [6.45, 7) is 0. The van der Waals surface area contributed by atoms with Crippen molar-refractivity contribution in [1.29, 1.82) is 5.26 Å². The second kappa shape index (κ2) is 6.25. The topological polar surface area (TPSA) is 64.3 Å². The smallest absolute Gasteiger partial charge is 0.328 e. The molecular weight excluding hydrogens is 252 g/mol. The summed E-state index contributed by atoms with van der Waals surface area (Å²) >= 11 is 0. The van der Waals surface area contributed by atoms with E-state index in [1.165, 1.54) is 31.8 Å². The molecule has 0 aromatic heterocycles. The van der Waals surface area contributed by atoms with Crippen molar-refractivity contribution in [2.45, 2.75) is 31.7 Å². The van der Waals surface area contributed by atoms with Crippen LogP contribution in [0, 0.1) is 11.3 Å². The third-order valence-corrected chi connectivity index (χ3v) is 3.81. The Labute approximate surface area is 118 Å². The van der Waals surface area contributed by atoms with E-state index in [0.29, 0.717) is 11.6 Å². The van der Waals surface area contributed by atoms with Crippen LogP contribution in [0.3, 0.4) is 0 Å². The number of hydrogen-bond donors (Lipinski definition) is 1. The number of rotatable bonds is 4. The maximum absolute atomic E-state index is 10.5. The van der Waals surface area contributed by atoms with Crippen LogP contribution >= 0.6 is 0 Å². The lowest BCUT2D eigenvalue weighted by molar-refractivity contribution is -0.131. The molecule has 4 heteroatoms. The SMILES string of the molecule is CN(c1ccc(/C=C/C(=O)O)cc1C#N)C1CCCC1. The summed E-state index contributed by atoms with van der Waals surface area (Å²) < 4.78 is 0. The van der Waals surface area contributed by atoms with Crippen LogP contribution in [0.4, 0.5) is 5.69 Å². The van der Waals surface area contributed by atoms with Gasteiger partial charge in [0.05, 0.1) is 11.3 Å². The molecular formula is C16H18N2O2. The number of carboxylic acids is 1. The molecule has 0 bridgehead atoms. The van der Waals surface area contributed by atoms with Crippen molar-refractivity contribution in [3.8, 4) is 6.07 Å². The van der Waals surface area contributed by atoms with Gasteiger partial charge < -0.3 is 10.0 Å². The number of hydrogen-bond acceptors (Lipinski definition) is 3. The van der Waals surface area contributed by atoms with Gasteiger partial charge in [0.15, 0.2) is 0 Å². The Morgan fingerprint density at radius 1 is 1.45 bits per heavy atom. The summed E-state index contributed by atoms with van der Waals surface area (Å²) in [4.78, 5) is 12.7. The zero-order valence-electron chi connectivity index (χ0n) is 11.5. The molecule has 0 unspecified atom stereocenters. The van der Waals surface area contributed by atoms with Crippen molar-refractivity contribution < 1.29 is 9.90 Å². The van der Waals surface area contributed by atoms with E-state index in [4.69, 9.17) is 5.11 Å². The van der Waals surface area contributed by atoms with E-state index in [1.54, 1.807) is 6.07 Å². The van der Waals surface area contributed by atoms with Crippen LogP contribution in [0.15, 0.2) is 24.3 Å². The van der Waals surface area contributed by atoms with Crippen molar-refractivity contribution in [2.24, 2.45) is 0 Å². The van der Waals surface area contributed by atoms with Crippen LogP contribution in [-0.4, -0.2) is 24.2 Å². The quantitative estimate of drug-likeness (QED) is 0.854. The summed E-state index contributed by atoms with van der Waals surface area (Å²) in [5.74, 6) is -0.990. The second-order valence-corrected chi connectivity index (χ2v) is 5.11. The van der Waals surface area contributed by atoms with Gasteiger partial charge in [-0.1, -0.05) is 18.9 Å². The van der Waals surface area contributed by atoms with Gasteiger partial charge in [0, 0.05) is 19.2 Å². The van der Waals surface area contributed by atoms with Crippen LogP contribution in [-0.2, 0) is 4.79 Å². The molecule has 0 atom stereocenters. The van der Waals surface area contributed by atoms with Crippen molar-refractivity contribution >= 4 is 17.7 Å². The number of aliphatic carboxylic acids is 1. The predicted molar refractivity (Wildman–Crippen MR) is 78.5 cm³/mol. The minimum Gasteiger partial charge on any atom is -0.478 e. The van der Waals surface area contributed by atoms with Crippen molar-refractivity contribution in [2.75, 3.05) is 11.9 Å². The van der Waals surface area contributed by atoms with Gasteiger partial charge in [-0.05, 0) is 36.6 Å². The number of carbonyl (C=O) groups is 1. The van der Waals surface area contributed by atoms with Gasteiger partial charge in [-0.25, -0.2) is 4.79 Å². The lowest BCUT2D eigenvalue weighted by Crippen LogP contribution is -2.29. The number of nitrogens with zero attached hydrogens (tertiary/aromatic N) is 2. The molecule has 1 saturated carbocycles. The van der Waals surface area contributed by atoms with Crippen LogP contribution in [0.2, 0.25) is 0 Å². The second-order valence-electron chi connectivity index (χ2n) is 5.11. The first kappa shape index (κ1) is 14.1. The Morgan fingerprint density at radius 2 is 2.15 bits per heavy atom. The first-order chi connectivity index (χ1) is 9.61. The lowest BCUT2D eigenvalue weighted by Gasteiger charge is -2.27. The Morgan fingerprint density at radius 3 is 2.75 bits per heavy atom. The third kappa shape index (κ3) is 3.18. The lowest BCUT2D eigenvalue weighted by atomic mass is 10.1. The van der Waals surface area contributed by atoms with Gasteiger partial charge in [0.2, 0.25) is 0 Å². The maximum Gasteiger partial charge on any atom is 0.328 e. The maximum atomic E-state index is 10.5. The Balaban J connectivity index is 2.26. The van der Waals surface area contributed by atoms with Crippen LogP contribution in [0.5, 0.6) is 0 Å². The Bertz CT molecular complexity index is 566. The molecule has 20 heavy (non-hydrogen) atoms. The van der Waals surface area contributed by atoms with Gasteiger partial charge >= 0.3 is 5.97 Å². The zero-order valence-corrected chi connectivity index (χ0v) is 11.5. The van der Waals surface area contributed by atoms with E-state index in [9.17, 15) is 10.1 Å². The highest BCUT2D eigenvalue weighted by atomic mass is 16.4. The summed E-state index contributed by atoms with van der Waals surface area (Å²) in [7, 11) is 2.03. The van der Waals surface area contributed by atoms with Crippen LogP contribution in [0.1, 0.15) is 36.8 Å². The van der Waals surface area contributed by atoms with Crippen molar-refractivity contribution in [3.05, 3.63) is 35.4 Å². The normalized spacial score (nSPS) is 15.4. The van der Waals surface area contributed by atoms with E-state index in [2.05, 4.69) is 11.0 Å². The zero-order chi connectivity index (χ0) is 14.5. The van der Waals surface area contributed by atoms with Crippen LogP contribution < -0.4 is 4.90 Å². The molecule has 1 aliphatic rings.